The first kappa shape index (κ1) is 13.1. The highest BCUT2D eigenvalue weighted by Crippen LogP contribution is 2.20. The van der Waals surface area contributed by atoms with E-state index in [0.29, 0.717) is 29.9 Å². The van der Waals surface area contributed by atoms with Crippen LogP contribution in [-0.2, 0) is 4.74 Å². The van der Waals surface area contributed by atoms with Crippen LogP contribution >= 0.6 is 0 Å². The number of amides is 1. The first-order chi connectivity index (χ1) is 9.11. The lowest BCUT2D eigenvalue weighted by atomic mass is 10.2. The summed E-state index contributed by atoms with van der Waals surface area (Å²) < 4.78 is 15.3. The molecule has 2 N–H and O–H groups in total. The van der Waals surface area contributed by atoms with Crippen molar-refractivity contribution in [3.8, 4) is 5.75 Å². The van der Waals surface area contributed by atoms with Gasteiger partial charge in [0.25, 0.3) is 5.91 Å². The number of hydrogen-bond acceptors (Lipinski definition) is 5. The predicted molar refractivity (Wildman–Crippen MR) is 68.4 cm³/mol. The first-order valence-corrected chi connectivity index (χ1v) is 5.61. The maximum atomic E-state index is 11.5. The fourth-order valence-electron chi connectivity index (χ4n) is 1.60. The molecule has 0 atom stereocenters. The average Bonchev–Trinajstić information content (AvgIpc) is 2.37. The molecule has 1 aromatic heterocycles. The van der Waals surface area contributed by atoms with Crippen molar-refractivity contribution in [1.29, 1.82) is 0 Å². The standard InChI is InChI=1S/C13H13NO5/c1-17-4-5-18-9-3-2-8-6-10(12(14)15)13(16)19-11(8)7-9/h2-3,6-7H,4-5H2,1H3,(H2,14,15). The molecule has 0 aliphatic rings. The third kappa shape index (κ3) is 2.92. The van der Waals surface area contributed by atoms with E-state index in [1.807, 2.05) is 0 Å². The highest BCUT2D eigenvalue weighted by Gasteiger charge is 2.10. The molecule has 2 aromatic rings. The zero-order chi connectivity index (χ0) is 13.8. The van der Waals surface area contributed by atoms with Crippen LogP contribution in [0.3, 0.4) is 0 Å². The third-order valence-corrected chi connectivity index (χ3v) is 2.53. The van der Waals surface area contributed by atoms with E-state index in [4.69, 9.17) is 19.6 Å². The maximum Gasteiger partial charge on any atom is 0.349 e. The van der Waals surface area contributed by atoms with Gasteiger partial charge < -0.3 is 19.6 Å². The van der Waals surface area contributed by atoms with Crippen molar-refractivity contribution in [3.63, 3.8) is 0 Å². The monoisotopic (exact) mass is 263 g/mol. The zero-order valence-electron chi connectivity index (χ0n) is 10.3. The minimum atomic E-state index is -0.809. The number of carbonyl (C=O) groups is 1. The Bertz CT molecular complexity index is 662. The molecule has 2 rings (SSSR count). The lowest BCUT2D eigenvalue weighted by Gasteiger charge is -2.06. The van der Waals surface area contributed by atoms with E-state index >= 15 is 0 Å². The van der Waals surface area contributed by atoms with Crippen molar-refractivity contribution in [3.05, 3.63) is 40.2 Å². The smallest absolute Gasteiger partial charge is 0.349 e. The summed E-state index contributed by atoms with van der Waals surface area (Å²) in [7, 11) is 1.58. The molecular formula is C13H13NO5. The molecule has 0 aliphatic carbocycles. The lowest BCUT2D eigenvalue weighted by Crippen LogP contribution is -2.20. The Morgan fingerprint density at radius 1 is 1.32 bits per heavy atom. The molecule has 100 valence electrons. The average molecular weight is 263 g/mol. The third-order valence-electron chi connectivity index (χ3n) is 2.53. The Hall–Kier alpha value is -2.34. The van der Waals surface area contributed by atoms with Gasteiger partial charge in [0.05, 0.1) is 6.61 Å². The SMILES string of the molecule is COCCOc1ccc2cc(C(N)=O)c(=O)oc2c1. The second-order valence-corrected chi connectivity index (χ2v) is 3.85. The van der Waals surface area contributed by atoms with Gasteiger partial charge in [-0.1, -0.05) is 0 Å². The summed E-state index contributed by atoms with van der Waals surface area (Å²) in [6.45, 7) is 0.855. The van der Waals surface area contributed by atoms with E-state index < -0.39 is 11.5 Å². The van der Waals surface area contributed by atoms with Gasteiger partial charge in [-0.25, -0.2) is 4.79 Å². The molecule has 0 saturated heterocycles. The van der Waals surface area contributed by atoms with Gasteiger partial charge in [0, 0.05) is 18.6 Å². The van der Waals surface area contributed by atoms with E-state index in [0.717, 1.165) is 0 Å². The van der Waals surface area contributed by atoms with Gasteiger partial charge in [-0.3, -0.25) is 4.79 Å². The number of ether oxygens (including phenoxy) is 2. The first-order valence-electron chi connectivity index (χ1n) is 5.61. The van der Waals surface area contributed by atoms with E-state index in [1.54, 1.807) is 25.3 Å². The highest BCUT2D eigenvalue weighted by atomic mass is 16.5. The van der Waals surface area contributed by atoms with Crippen molar-refractivity contribution in [1.82, 2.24) is 0 Å². The Labute approximate surface area is 108 Å². The van der Waals surface area contributed by atoms with Crippen LogP contribution in [0, 0.1) is 0 Å². The van der Waals surface area contributed by atoms with Crippen LogP contribution in [0.2, 0.25) is 0 Å². The number of nitrogens with two attached hydrogens (primary N) is 1. The van der Waals surface area contributed by atoms with Gasteiger partial charge in [-0.15, -0.1) is 0 Å². The molecule has 0 fully saturated rings. The topological polar surface area (TPSA) is 91.8 Å². The normalized spacial score (nSPS) is 10.6. The predicted octanol–water partition coefficient (Wildman–Crippen LogP) is 0.917. The number of benzene rings is 1. The fraction of sp³-hybridized carbons (Fsp3) is 0.231. The van der Waals surface area contributed by atoms with Gasteiger partial charge in [0.1, 0.15) is 23.5 Å². The van der Waals surface area contributed by atoms with Crippen molar-refractivity contribution < 1.29 is 18.7 Å². The molecule has 0 unspecified atom stereocenters. The van der Waals surface area contributed by atoms with Crippen molar-refractivity contribution in [2.45, 2.75) is 0 Å². The number of carbonyl (C=O) groups excluding carboxylic acids is 1. The highest BCUT2D eigenvalue weighted by molar-refractivity contribution is 5.95. The van der Waals surface area contributed by atoms with Gasteiger partial charge in [-0.05, 0) is 18.2 Å². The van der Waals surface area contributed by atoms with Crippen LogP contribution in [0.5, 0.6) is 5.75 Å². The second kappa shape index (κ2) is 5.53. The Kier molecular flexibility index (Phi) is 3.82. The fourth-order valence-corrected chi connectivity index (χ4v) is 1.60. The lowest BCUT2D eigenvalue weighted by molar-refractivity contribution is 0.0997. The minimum Gasteiger partial charge on any atom is -0.491 e. The molecule has 1 aromatic carbocycles. The molecule has 19 heavy (non-hydrogen) atoms. The molecule has 0 bridgehead atoms. The van der Waals surface area contributed by atoms with Crippen LogP contribution in [0.4, 0.5) is 0 Å². The molecule has 0 radical (unpaired) electrons. The van der Waals surface area contributed by atoms with Gasteiger partial charge in [0.2, 0.25) is 0 Å². The largest absolute Gasteiger partial charge is 0.491 e. The van der Waals surface area contributed by atoms with Crippen molar-refractivity contribution in [2.75, 3.05) is 20.3 Å². The van der Waals surface area contributed by atoms with Gasteiger partial charge in [-0.2, -0.15) is 0 Å². The zero-order valence-corrected chi connectivity index (χ0v) is 10.3. The van der Waals surface area contributed by atoms with Gasteiger partial charge in [0.15, 0.2) is 0 Å². The summed E-state index contributed by atoms with van der Waals surface area (Å²) in [6, 6.07) is 6.38. The summed E-state index contributed by atoms with van der Waals surface area (Å²) in [5, 5.41) is 0.604. The molecule has 0 aliphatic heterocycles. The molecular weight excluding hydrogens is 250 g/mol. The summed E-state index contributed by atoms with van der Waals surface area (Å²) in [5.74, 6) is -0.254. The number of hydrogen-bond donors (Lipinski definition) is 1. The van der Waals surface area contributed by atoms with E-state index in [1.165, 1.54) is 6.07 Å². The number of methoxy groups -OCH3 is 1. The summed E-state index contributed by atoms with van der Waals surface area (Å²) in [5.41, 5.74) is 4.50. The Balaban J connectivity index is 2.36. The molecule has 6 heteroatoms. The summed E-state index contributed by atoms with van der Waals surface area (Å²) >= 11 is 0. The molecule has 1 heterocycles. The van der Waals surface area contributed by atoms with E-state index in [-0.39, 0.29) is 5.56 Å². The van der Waals surface area contributed by atoms with Crippen LogP contribution in [0.1, 0.15) is 10.4 Å². The Morgan fingerprint density at radius 2 is 2.11 bits per heavy atom. The Morgan fingerprint density at radius 3 is 2.79 bits per heavy atom. The quantitative estimate of drug-likeness (QED) is 0.639. The van der Waals surface area contributed by atoms with Crippen LogP contribution in [0.15, 0.2) is 33.5 Å². The molecule has 0 saturated carbocycles. The van der Waals surface area contributed by atoms with E-state index in [2.05, 4.69) is 0 Å². The van der Waals surface area contributed by atoms with Gasteiger partial charge >= 0.3 is 5.63 Å². The van der Waals surface area contributed by atoms with Crippen LogP contribution in [-0.4, -0.2) is 26.2 Å². The summed E-state index contributed by atoms with van der Waals surface area (Å²) in [4.78, 5) is 22.5. The van der Waals surface area contributed by atoms with Crippen LogP contribution in [0.25, 0.3) is 11.0 Å². The van der Waals surface area contributed by atoms with Crippen molar-refractivity contribution >= 4 is 16.9 Å². The van der Waals surface area contributed by atoms with E-state index in [9.17, 15) is 9.59 Å². The number of primary amides is 1. The summed E-state index contributed by atoms with van der Waals surface area (Å²) in [6.07, 6.45) is 0. The number of fused-ring (bicyclic) bond motifs is 1. The van der Waals surface area contributed by atoms with Crippen molar-refractivity contribution in [2.24, 2.45) is 5.73 Å². The molecule has 0 spiro atoms. The minimum absolute atomic E-state index is 0.166. The maximum absolute atomic E-state index is 11.5. The second-order valence-electron chi connectivity index (χ2n) is 3.85. The van der Waals surface area contributed by atoms with Crippen LogP contribution < -0.4 is 16.1 Å². The molecule has 6 nitrogen and oxygen atoms in total. The number of rotatable bonds is 5. The molecule has 1 amide bonds.